The third-order valence-corrected chi connectivity index (χ3v) is 3.89. The van der Waals surface area contributed by atoms with Gasteiger partial charge in [0, 0.05) is 32.6 Å². The molecule has 2 rings (SSSR count). The zero-order valence-corrected chi connectivity index (χ0v) is 10.7. The van der Waals surface area contributed by atoms with Gasteiger partial charge in [-0.25, -0.2) is 0 Å². The number of likely N-dealkylation sites (N-methyl/N-ethyl adjacent to an activating group) is 1. The van der Waals surface area contributed by atoms with Crippen LogP contribution in [-0.4, -0.2) is 49.4 Å². The van der Waals surface area contributed by atoms with E-state index in [1.54, 1.807) is 11.9 Å². The van der Waals surface area contributed by atoms with Crippen LogP contribution < -0.4 is 10.6 Å². The summed E-state index contributed by atoms with van der Waals surface area (Å²) >= 11 is 0. The van der Waals surface area contributed by atoms with Gasteiger partial charge in [-0.05, 0) is 11.8 Å². The smallest absolute Gasteiger partial charge is 0.243 e. The fourth-order valence-electron chi connectivity index (χ4n) is 2.46. The van der Waals surface area contributed by atoms with Gasteiger partial charge >= 0.3 is 0 Å². The molecular weight excluding hydrogens is 218 g/mol. The van der Waals surface area contributed by atoms with Crippen molar-refractivity contribution in [2.45, 2.75) is 26.3 Å². The van der Waals surface area contributed by atoms with E-state index in [9.17, 15) is 9.59 Å². The molecular formula is C12H21N3O2. The third kappa shape index (κ3) is 2.29. The first-order chi connectivity index (χ1) is 7.97. The van der Waals surface area contributed by atoms with Crippen LogP contribution in [0.15, 0.2) is 0 Å². The largest absolute Gasteiger partial charge is 0.357 e. The van der Waals surface area contributed by atoms with Crippen LogP contribution >= 0.6 is 0 Å². The van der Waals surface area contributed by atoms with E-state index in [0.29, 0.717) is 13.1 Å². The van der Waals surface area contributed by atoms with E-state index < -0.39 is 0 Å². The lowest BCUT2D eigenvalue weighted by molar-refractivity contribution is -0.142. The lowest BCUT2D eigenvalue weighted by Gasteiger charge is -2.35. The molecule has 2 unspecified atom stereocenters. The van der Waals surface area contributed by atoms with Crippen molar-refractivity contribution in [2.24, 2.45) is 11.3 Å². The van der Waals surface area contributed by atoms with Crippen LogP contribution in [0.5, 0.6) is 0 Å². The van der Waals surface area contributed by atoms with Crippen molar-refractivity contribution in [1.82, 2.24) is 15.5 Å². The summed E-state index contributed by atoms with van der Waals surface area (Å²) in [5.74, 6) is 0.168. The number of carbonyl (C=O) groups excluding carboxylic acids is 2. The Bertz CT molecular complexity index is 341. The van der Waals surface area contributed by atoms with E-state index in [0.717, 1.165) is 13.0 Å². The van der Waals surface area contributed by atoms with Crippen LogP contribution in [-0.2, 0) is 9.59 Å². The average molecular weight is 239 g/mol. The summed E-state index contributed by atoms with van der Waals surface area (Å²) in [6.07, 6.45) is 0.941. The van der Waals surface area contributed by atoms with Gasteiger partial charge in [0.2, 0.25) is 11.8 Å². The topological polar surface area (TPSA) is 61.4 Å². The Labute approximate surface area is 102 Å². The van der Waals surface area contributed by atoms with Gasteiger partial charge in [-0.15, -0.1) is 0 Å². The molecule has 2 fully saturated rings. The van der Waals surface area contributed by atoms with Crippen LogP contribution in [0.2, 0.25) is 0 Å². The van der Waals surface area contributed by atoms with Gasteiger partial charge in [0.15, 0.2) is 0 Å². The molecule has 1 aliphatic heterocycles. The summed E-state index contributed by atoms with van der Waals surface area (Å²) < 4.78 is 0. The lowest BCUT2D eigenvalue weighted by atomic mass is 10.1. The second kappa shape index (κ2) is 4.29. The number of nitrogens with zero attached hydrogens (tertiary/aromatic N) is 1. The fraction of sp³-hybridized carbons (Fsp3) is 0.833. The first kappa shape index (κ1) is 12.4. The standard InChI is InChI=1S/C12H21N3O2/c1-12(2)6-8(12)11(17)15-5-4-14-7-9(15)10(16)13-3/h8-9,14H,4-7H2,1-3H3,(H,13,16). The summed E-state index contributed by atoms with van der Waals surface area (Å²) in [5, 5.41) is 5.79. The Morgan fingerprint density at radius 3 is 2.59 bits per heavy atom. The van der Waals surface area contributed by atoms with Crippen LogP contribution in [0.1, 0.15) is 20.3 Å². The SMILES string of the molecule is CNC(=O)C1CNCCN1C(=O)C1CC1(C)C. The summed E-state index contributed by atoms with van der Waals surface area (Å²) in [4.78, 5) is 25.8. The highest BCUT2D eigenvalue weighted by molar-refractivity contribution is 5.90. The number of hydrogen-bond acceptors (Lipinski definition) is 3. The van der Waals surface area contributed by atoms with Crippen LogP contribution in [0.25, 0.3) is 0 Å². The van der Waals surface area contributed by atoms with Gasteiger partial charge in [-0.2, -0.15) is 0 Å². The second-order valence-electron chi connectivity index (χ2n) is 5.61. The van der Waals surface area contributed by atoms with E-state index >= 15 is 0 Å². The molecule has 2 atom stereocenters. The zero-order chi connectivity index (χ0) is 12.6. The molecule has 1 saturated heterocycles. The predicted octanol–water partition coefficient (Wildman–Crippen LogP) is -0.421. The minimum absolute atomic E-state index is 0.0796. The van der Waals surface area contributed by atoms with E-state index in [1.165, 1.54) is 0 Å². The van der Waals surface area contributed by atoms with E-state index in [2.05, 4.69) is 24.5 Å². The fourth-order valence-corrected chi connectivity index (χ4v) is 2.46. The summed E-state index contributed by atoms with van der Waals surface area (Å²) in [6.45, 7) is 6.16. The Hall–Kier alpha value is -1.10. The molecule has 5 nitrogen and oxygen atoms in total. The Morgan fingerprint density at radius 1 is 1.41 bits per heavy atom. The Kier molecular flexibility index (Phi) is 3.12. The molecule has 2 amide bonds. The maximum absolute atomic E-state index is 12.3. The normalized spacial score (nSPS) is 30.9. The molecule has 0 radical (unpaired) electrons. The summed E-state index contributed by atoms with van der Waals surface area (Å²) in [6, 6.07) is -0.349. The monoisotopic (exact) mass is 239 g/mol. The van der Waals surface area contributed by atoms with E-state index in [4.69, 9.17) is 0 Å². The molecule has 0 aromatic carbocycles. The van der Waals surface area contributed by atoms with Crippen molar-refractivity contribution in [3.05, 3.63) is 0 Å². The van der Waals surface area contributed by atoms with E-state index in [1.807, 2.05) is 0 Å². The van der Waals surface area contributed by atoms with Crippen molar-refractivity contribution >= 4 is 11.8 Å². The van der Waals surface area contributed by atoms with Crippen LogP contribution in [0.4, 0.5) is 0 Å². The van der Waals surface area contributed by atoms with Crippen molar-refractivity contribution < 1.29 is 9.59 Å². The highest BCUT2D eigenvalue weighted by atomic mass is 16.2. The number of rotatable bonds is 2. The quantitative estimate of drug-likeness (QED) is 0.688. The predicted molar refractivity (Wildman–Crippen MR) is 64.3 cm³/mol. The molecule has 0 aromatic heterocycles. The molecule has 1 saturated carbocycles. The molecule has 1 aliphatic carbocycles. The zero-order valence-electron chi connectivity index (χ0n) is 10.7. The second-order valence-corrected chi connectivity index (χ2v) is 5.61. The number of piperazine rings is 1. The molecule has 0 aromatic rings. The van der Waals surface area contributed by atoms with Gasteiger partial charge < -0.3 is 15.5 Å². The van der Waals surface area contributed by atoms with Gasteiger partial charge in [-0.3, -0.25) is 9.59 Å². The average Bonchev–Trinajstić information content (AvgIpc) is 2.96. The molecule has 17 heavy (non-hydrogen) atoms. The number of amides is 2. The number of carbonyl (C=O) groups is 2. The molecule has 2 N–H and O–H groups in total. The van der Waals surface area contributed by atoms with Crippen molar-refractivity contribution in [2.75, 3.05) is 26.7 Å². The lowest BCUT2D eigenvalue weighted by Crippen LogP contribution is -2.59. The molecule has 0 bridgehead atoms. The van der Waals surface area contributed by atoms with Gasteiger partial charge in [0.05, 0.1) is 0 Å². The van der Waals surface area contributed by atoms with Crippen molar-refractivity contribution in [3.8, 4) is 0 Å². The van der Waals surface area contributed by atoms with Gasteiger partial charge in [-0.1, -0.05) is 13.8 Å². The Balaban J connectivity index is 2.06. The van der Waals surface area contributed by atoms with Crippen LogP contribution in [0, 0.1) is 11.3 Å². The highest BCUT2D eigenvalue weighted by Crippen LogP contribution is 2.52. The summed E-state index contributed by atoms with van der Waals surface area (Å²) in [5.41, 5.74) is 0.120. The maximum Gasteiger partial charge on any atom is 0.243 e. The minimum Gasteiger partial charge on any atom is -0.357 e. The molecule has 5 heteroatoms. The van der Waals surface area contributed by atoms with Crippen molar-refractivity contribution in [3.63, 3.8) is 0 Å². The van der Waals surface area contributed by atoms with E-state index in [-0.39, 0.29) is 29.2 Å². The van der Waals surface area contributed by atoms with Gasteiger partial charge in [0.1, 0.15) is 6.04 Å². The molecule has 1 heterocycles. The molecule has 0 spiro atoms. The van der Waals surface area contributed by atoms with Gasteiger partial charge in [0.25, 0.3) is 0 Å². The third-order valence-electron chi connectivity index (χ3n) is 3.89. The van der Waals surface area contributed by atoms with Crippen LogP contribution in [0.3, 0.4) is 0 Å². The number of nitrogens with one attached hydrogen (secondary N) is 2. The molecule has 2 aliphatic rings. The Morgan fingerprint density at radius 2 is 2.06 bits per heavy atom. The maximum atomic E-state index is 12.3. The molecule has 96 valence electrons. The summed E-state index contributed by atoms with van der Waals surface area (Å²) in [7, 11) is 1.61. The highest BCUT2D eigenvalue weighted by Gasteiger charge is 2.53. The number of hydrogen-bond donors (Lipinski definition) is 2. The minimum atomic E-state index is -0.349. The first-order valence-corrected chi connectivity index (χ1v) is 6.20. The van der Waals surface area contributed by atoms with Crippen molar-refractivity contribution in [1.29, 1.82) is 0 Å². The first-order valence-electron chi connectivity index (χ1n) is 6.20.